The third-order valence-corrected chi connectivity index (χ3v) is 4.05. The lowest BCUT2D eigenvalue weighted by Gasteiger charge is -2.06. The second-order valence-corrected chi connectivity index (χ2v) is 6.46. The van der Waals surface area contributed by atoms with E-state index in [2.05, 4.69) is 48.3 Å². The minimum atomic E-state index is 0.295. The highest BCUT2D eigenvalue weighted by atomic mass is 16.5. The van der Waals surface area contributed by atoms with Crippen LogP contribution >= 0.6 is 0 Å². The highest BCUT2D eigenvalue weighted by Crippen LogP contribution is 2.13. The maximum atomic E-state index is 8.73. The Bertz CT molecular complexity index is 620. The monoisotopic (exact) mass is 339 g/mol. The molecule has 2 aromatic rings. The van der Waals surface area contributed by atoms with Gasteiger partial charge in [0.25, 0.3) is 0 Å². The Balaban J connectivity index is 1.72. The van der Waals surface area contributed by atoms with Crippen molar-refractivity contribution in [3.63, 3.8) is 0 Å². The number of pyridine rings is 1. The minimum absolute atomic E-state index is 0.295. The summed E-state index contributed by atoms with van der Waals surface area (Å²) in [5.74, 6) is 0. The SMILES string of the molecule is CC(=Cc1ccc(Cc2cccnc2)cc1)COCCCCCCO. The largest absolute Gasteiger partial charge is 0.396 e. The Morgan fingerprint density at radius 2 is 1.84 bits per heavy atom. The Morgan fingerprint density at radius 1 is 1.04 bits per heavy atom. The Morgan fingerprint density at radius 3 is 2.56 bits per heavy atom. The number of rotatable bonds is 11. The minimum Gasteiger partial charge on any atom is -0.396 e. The van der Waals surface area contributed by atoms with E-state index in [4.69, 9.17) is 9.84 Å². The Hall–Kier alpha value is -1.97. The summed E-state index contributed by atoms with van der Waals surface area (Å²) in [7, 11) is 0. The van der Waals surface area contributed by atoms with Crippen molar-refractivity contribution in [2.24, 2.45) is 0 Å². The van der Waals surface area contributed by atoms with E-state index in [0.29, 0.717) is 13.2 Å². The predicted octanol–water partition coefficient (Wildman–Crippen LogP) is 4.65. The summed E-state index contributed by atoms with van der Waals surface area (Å²) in [5, 5.41) is 8.73. The van der Waals surface area contributed by atoms with E-state index in [1.807, 2.05) is 12.3 Å². The molecule has 3 nitrogen and oxygen atoms in total. The zero-order valence-corrected chi connectivity index (χ0v) is 15.2. The summed E-state index contributed by atoms with van der Waals surface area (Å²) in [4.78, 5) is 4.16. The van der Waals surface area contributed by atoms with Crippen molar-refractivity contribution in [3.05, 3.63) is 71.1 Å². The average Bonchev–Trinajstić information content (AvgIpc) is 2.63. The zero-order chi connectivity index (χ0) is 17.7. The molecule has 25 heavy (non-hydrogen) atoms. The number of hydrogen-bond donors (Lipinski definition) is 1. The molecule has 134 valence electrons. The summed E-state index contributed by atoms with van der Waals surface area (Å²) in [6.07, 6.45) is 11.0. The predicted molar refractivity (Wildman–Crippen MR) is 104 cm³/mol. The topological polar surface area (TPSA) is 42.4 Å². The number of unbranched alkanes of at least 4 members (excludes halogenated alkanes) is 3. The molecule has 0 saturated heterocycles. The Kier molecular flexibility index (Phi) is 8.95. The third kappa shape index (κ3) is 8.10. The van der Waals surface area contributed by atoms with Gasteiger partial charge in [-0.3, -0.25) is 4.98 Å². The van der Waals surface area contributed by atoms with Crippen LogP contribution in [-0.2, 0) is 11.2 Å². The molecule has 0 atom stereocenters. The quantitative estimate of drug-likeness (QED) is 0.606. The number of nitrogens with zero attached hydrogens (tertiary/aromatic N) is 1. The van der Waals surface area contributed by atoms with Gasteiger partial charge in [0.1, 0.15) is 0 Å². The lowest BCUT2D eigenvalue weighted by atomic mass is 10.0. The van der Waals surface area contributed by atoms with Crippen molar-refractivity contribution in [3.8, 4) is 0 Å². The number of aliphatic hydroxyl groups is 1. The standard InChI is InChI=1S/C22H29NO2/c1-19(18-25-14-5-3-2-4-13-24)15-20-8-10-21(11-9-20)16-22-7-6-12-23-17-22/h6-12,15,17,24H,2-5,13-14,16,18H2,1H3. The molecule has 0 saturated carbocycles. The second kappa shape index (κ2) is 11.6. The molecule has 3 heteroatoms. The molecule has 0 unspecified atom stereocenters. The van der Waals surface area contributed by atoms with Gasteiger partial charge in [0.15, 0.2) is 0 Å². The molecule has 0 aliphatic heterocycles. The van der Waals surface area contributed by atoms with Gasteiger partial charge in [0.2, 0.25) is 0 Å². The van der Waals surface area contributed by atoms with E-state index in [0.717, 1.165) is 38.7 Å². The van der Waals surface area contributed by atoms with Gasteiger partial charge in [-0.25, -0.2) is 0 Å². The van der Waals surface area contributed by atoms with Crippen LogP contribution in [0.15, 0.2) is 54.4 Å². The molecule has 1 aromatic carbocycles. The van der Waals surface area contributed by atoms with Crippen LogP contribution in [0.1, 0.15) is 49.3 Å². The first-order chi connectivity index (χ1) is 12.3. The number of aliphatic hydroxyl groups excluding tert-OH is 1. The van der Waals surface area contributed by atoms with E-state index >= 15 is 0 Å². The van der Waals surface area contributed by atoms with E-state index in [1.165, 1.54) is 22.3 Å². The summed E-state index contributed by atoms with van der Waals surface area (Å²) in [6, 6.07) is 12.7. The third-order valence-electron chi connectivity index (χ3n) is 4.05. The van der Waals surface area contributed by atoms with Gasteiger partial charge < -0.3 is 9.84 Å². The van der Waals surface area contributed by atoms with Crippen LogP contribution in [-0.4, -0.2) is 29.9 Å². The van der Waals surface area contributed by atoms with Gasteiger partial charge in [0.05, 0.1) is 6.61 Å². The average molecular weight is 339 g/mol. The fourth-order valence-electron chi connectivity index (χ4n) is 2.70. The van der Waals surface area contributed by atoms with Crippen molar-refractivity contribution >= 4 is 6.08 Å². The lowest BCUT2D eigenvalue weighted by Crippen LogP contribution is -1.98. The smallest absolute Gasteiger partial charge is 0.0677 e. The van der Waals surface area contributed by atoms with Crippen molar-refractivity contribution in [1.82, 2.24) is 4.98 Å². The van der Waals surface area contributed by atoms with Crippen LogP contribution in [0.3, 0.4) is 0 Å². The van der Waals surface area contributed by atoms with Crippen LogP contribution in [0.25, 0.3) is 6.08 Å². The van der Waals surface area contributed by atoms with E-state index in [1.54, 1.807) is 6.20 Å². The normalized spacial score (nSPS) is 11.7. The van der Waals surface area contributed by atoms with Crippen molar-refractivity contribution < 1.29 is 9.84 Å². The number of hydrogen-bond acceptors (Lipinski definition) is 3. The van der Waals surface area contributed by atoms with Crippen LogP contribution in [0.2, 0.25) is 0 Å². The lowest BCUT2D eigenvalue weighted by molar-refractivity contribution is 0.151. The van der Waals surface area contributed by atoms with Crippen LogP contribution in [0, 0.1) is 0 Å². The first kappa shape index (κ1) is 19.4. The molecular formula is C22H29NO2. The molecule has 1 heterocycles. The van der Waals surface area contributed by atoms with Crippen molar-refractivity contribution in [1.29, 1.82) is 0 Å². The molecule has 1 N–H and O–H groups in total. The molecule has 1 aromatic heterocycles. The van der Waals surface area contributed by atoms with Crippen LogP contribution in [0.4, 0.5) is 0 Å². The van der Waals surface area contributed by atoms with E-state index < -0.39 is 0 Å². The second-order valence-electron chi connectivity index (χ2n) is 6.46. The maximum absolute atomic E-state index is 8.73. The highest BCUT2D eigenvalue weighted by molar-refractivity contribution is 5.53. The van der Waals surface area contributed by atoms with Crippen molar-refractivity contribution in [2.75, 3.05) is 19.8 Å². The fraction of sp³-hybridized carbons (Fsp3) is 0.409. The van der Waals surface area contributed by atoms with Crippen molar-refractivity contribution in [2.45, 2.75) is 39.0 Å². The molecule has 2 rings (SSSR count). The van der Waals surface area contributed by atoms with Crippen LogP contribution < -0.4 is 0 Å². The number of aromatic nitrogens is 1. The molecule has 0 bridgehead atoms. The zero-order valence-electron chi connectivity index (χ0n) is 15.2. The molecule has 0 fully saturated rings. The summed E-state index contributed by atoms with van der Waals surface area (Å²) >= 11 is 0. The van der Waals surface area contributed by atoms with E-state index in [-0.39, 0.29) is 0 Å². The molecular weight excluding hydrogens is 310 g/mol. The summed E-state index contributed by atoms with van der Waals surface area (Å²) < 4.78 is 5.71. The van der Waals surface area contributed by atoms with Gasteiger partial charge in [-0.05, 0) is 54.5 Å². The Labute approximate surface area is 151 Å². The summed E-state index contributed by atoms with van der Waals surface area (Å²) in [6.45, 7) is 3.87. The van der Waals surface area contributed by atoms with Gasteiger partial charge in [0, 0.05) is 25.6 Å². The van der Waals surface area contributed by atoms with Gasteiger partial charge in [-0.2, -0.15) is 0 Å². The first-order valence-electron chi connectivity index (χ1n) is 9.11. The molecule has 0 amide bonds. The van der Waals surface area contributed by atoms with Gasteiger partial charge in [-0.15, -0.1) is 0 Å². The van der Waals surface area contributed by atoms with Crippen LogP contribution in [0.5, 0.6) is 0 Å². The van der Waals surface area contributed by atoms with E-state index in [9.17, 15) is 0 Å². The summed E-state index contributed by atoms with van der Waals surface area (Å²) in [5.41, 5.74) is 4.96. The first-order valence-corrected chi connectivity index (χ1v) is 9.11. The van der Waals surface area contributed by atoms with Gasteiger partial charge >= 0.3 is 0 Å². The molecule has 0 aliphatic carbocycles. The molecule has 0 radical (unpaired) electrons. The fourth-order valence-corrected chi connectivity index (χ4v) is 2.70. The van der Waals surface area contributed by atoms with Gasteiger partial charge in [-0.1, -0.05) is 49.2 Å². The number of benzene rings is 1. The highest BCUT2D eigenvalue weighted by Gasteiger charge is 1.98. The molecule has 0 aliphatic rings. The maximum Gasteiger partial charge on any atom is 0.0677 e. The number of ether oxygens (including phenoxy) is 1. The molecule has 0 spiro atoms.